The molecule has 0 saturated carbocycles. The van der Waals surface area contributed by atoms with Gasteiger partial charge >= 0.3 is 0 Å². The van der Waals surface area contributed by atoms with Gasteiger partial charge in [0.15, 0.2) is 13.1 Å². The summed E-state index contributed by atoms with van der Waals surface area (Å²) in [6.07, 6.45) is 0.926. The molecular formula is C23H29ClN4O2+2. The zero-order valence-corrected chi connectivity index (χ0v) is 18.0. The molecule has 4 rings (SSSR count). The van der Waals surface area contributed by atoms with Crippen LogP contribution in [0.4, 0.5) is 11.4 Å². The van der Waals surface area contributed by atoms with Crippen LogP contribution in [0.2, 0.25) is 5.02 Å². The van der Waals surface area contributed by atoms with E-state index in [0.29, 0.717) is 23.8 Å². The number of amides is 2. The number of nitrogens with zero attached hydrogens (tertiary/aromatic N) is 1. The summed E-state index contributed by atoms with van der Waals surface area (Å²) in [5.41, 5.74) is 2.97. The van der Waals surface area contributed by atoms with E-state index in [9.17, 15) is 9.59 Å². The third kappa shape index (κ3) is 4.67. The van der Waals surface area contributed by atoms with Crippen LogP contribution in [0.1, 0.15) is 12.5 Å². The molecule has 1 saturated heterocycles. The Morgan fingerprint density at radius 1 is 1.00 bits per heavy atom. The third-order valence-electron chi connectivity index (χ3n) is 6.10. The van der Waals surface area contributed by atoms with E-state index in [1.54, 1.807) is 12.1 Å². The molecule has 6 nitrogen and oxygen atoms in total. The number of piperazine rings is 1. The molecule has 3 N–H and O–H groups in total. The van der Waals surface area contributed by atoms with Gasteiger partial charge in [0, 0.05) is 11.7 Å². The van der Waals surface area contributed by atoms with Gasteiger partial charge in [-0.2, -0.15) is 0 Å². The smallest absolute Gasteiger partial charge is 0.282 e. The van der Waals surface area contributed by atoms with Gasteiger partial charge in [-0.1, -0.05) is 41.9 Å². The lowest BCUT2D eigenvalue weighted by Gasteiger charge is -2.31. The van der Waals surface area contributed by atoms with Crippen molar-refractivity contribution in [1.82, 2.24) is 0 Å². The minimum atomic E-state index is -0.0277. The van der Waals surface area contributed by atoms with E-state index in [2.05, 4.69) is 18.3 Å². The summed E-state index contributed by atoms with van der Waals surface area (Å²) in [4.78, 5) is 29.9. The molecule has 2 aromatic carbocycles. The topological polar surface area (TPSA) is 58.3 Å². The van der Waals surface area contributed by atoms with Gasteiger partial charge in [-0.25, -0.2) is 0 Å². The highest BCUT2D eigenvalue weighted by Gasteiger charge is 2.34. The summed E-state index contributed by atoms with van der Waals surface area (Å²) in [7, 11) is 0. The van der Waals surface area contributed by atoms with E-state index in [0.717, 1.165) is 38.3 Å². The number of hydrogen-bond acceptors (Lipinski definition) is 2. The van der Waals surface area contributed by atoms with Crippen LogP contribution in [-0.2, 0) is 16.0 Å². The molecule has 1 fully saturated rings. The van der Waals surface area contributed by atoms with Crippen molar-refractivity contribution in [2.75, 3.05) is 49.5 Å². The minimum Gasteiger partial charge on any atom is -0.320 e. The molecule has 0 aromatic heterocycles. The van der Waals surface area contributed by atoms with Crippen molar-refractivity contribution >= 4 is 34.8 Å². The highest BCUT2D eigenvalue weighted by Crippen LogP contribution is 2.31. The summed E-state index contributed by atoms with van der Waals surface area (Å²) >= 11 is 6.11. The van der Waals surface area contributed by atoms with Crippen LogP contribution in [-0.4, -0.2) is 57.1 Å². The van der Waals surface area contributed by atoms with Gasteiger partial charge in [0.1, 0.15) is 26.2 Å². The predicted octanol–water partition coefficient (Wildman–Crippen LogP) is 0.0397. The van der Waals surface area contributed by atoms with Gasteiger partial charge in [0.25, 0.3) is 11.8 Å². The molecule has 30 heavy (non-hydrogen) atoms. The van der Waals surface area contributed by atoms with Crippen LogP contribution in [0, 0.1) is 0 Å². The Balaban J connectivity index is 1.25. The number of halogens is 1. The largest absolute Gasteiger partial charge is 0.320 e. The number of anilines is 2. The Bertz CT molecular complexity index is 927. The second kappa shape index (κ2) is 9.16. The minimum absolute atomic E-state index is 0.0277. The standard InChI is InChI=1S/C23H27ClN4O2/c1-17-14-18-6-2-5-9-21(18)28(17)23(30)16-27-12-10-26(11-13-27)15-22(29)25-20-8-4-3-7-19(20)24/h2-9,17H,10-16H2,1H3,(H,25,29)/p+2/t17-/m0/s1. The average Bonchev–Trinajstić information content (AvgIpc) is 3.07. The lowest BCUT2D eigenvalue weighted by molar-refractivity contribution is -1.00. The summed E-state index contributed by atoms with van der Waals surface area (Å²) in [5, 5.41) is 3.44. The molecular weight excluding hydrogens is 400 g/mol. The first-order chi connectivity index (χ1) is 14.5. The summed E-state index contributed by atoms with van der Waals surface area (Å²) in [6.45, 7) is 6.59. The number of quaternary nitrogens is 2. The highest BCUT2D eigenvalue weighted by atomic mass is 35.5. The van der Waals surface area contributed by atoms with Crippen molar-refractivity contribution in [2.24, 2.45) is 0 Å². The monoisotopic (exact) mass is 428 g/mol. The van der Waals surface area contributed by atoms with Crippen LogP contribution < -0.4 is 20.0 Å². The van der Waals surface area contributed by atoms with Gasteiger partial charge < -0.3 is 20.0 Å². The third-order valence-corrected chi connectivity index (χ3v) is 6.43. The molecule has 2 aromatic rings. The zero-order chi connectivity index (χ0) is 21.1. The van der Waals surface area contributed by atoms with Gasteiger partial charge in [0.05, 0.1) is 10.7 Å². The fraction of sp³-hybridized carbons (Fsp3) is 0.391. The molecule has 7 heteroatoms. The maximum absolute atomic E-state index is 13.0. The van der Waals surface area contributed by atoms with Crippen molar-refractivity contribution in [2.45, 2.75) is 19.4 Å². The lowest BCUT2D eigenvalue weighted by Crippen LogP contribution is -3.28. The number of fused-ring (bicyclic) bond motifs is 1. The molecule has 2 heterocycles. The molecule has 0 aliphatic carbocycles. The number of carbonyl (C=O) groups is 2. The van der Waals surface area contributed by atoms with Crippen molar-refractivity contribution in [3.63, 3.8) is 0 Å². The second-order valence-corrected chi connectivity index (χ2v) is 8.73. The Kier molecular flexibility index (Phi) is 6.37. The van der Waals surface area contributed by atoms with E-state index >= 15 is 0 Å². The fourth-order valence-corrected chi connectivity index (χ4v) is 4.72. The molecule has 2 amide bonds. The summed E-state index contributed by atoms with van der Waals surface area (Å²) in [5.74, 6) is 0.169. The van der Waals surface area contributed by atoms with Crippen LogP contribution in [0.25, 0.3) is 0 Å². The first-order valence-corrected chi connectivity index (χ1v) is 11.0. The molecule has 0 bridgehead atoms. The molecule has 0 radical (unpaired) electrons. The lowest BCUT2D eigenvalue weighted by atomic mass is 10.1. The van der Waals surface area contributed by atoms with Crippen molar-refractivity contribution in [3.8, 4) is 0 Å². The Hall–Kier alpha value is -2.41. The number of benzene rings is 2. The van der Waals surface area contributed by atoms with Gasteiger partial charge in [-0.05, 0) is 37.1 Å². The molecule has 2 aliphatic heterocycles. The fourth-order valence-electron chi connectivity index (χ4n) is 4.54. The molecule has 1 atom stereocenters. The SMILES string of the molecule is C[C@H]1Cc2ccccc2N1C(=O)C[NH+]1CC[NH+](CC(=O)Nc2ccccc2Cl)CC1. The Labute approximate surface area is 182 Å². The molecule has 158 valence electrons. The van der Waals surface area contributed by atoms with Crippen LogP contribution >= 0.6 is 11.6 Å². The number of hydrogen-bond donors (Lipinski definition) is 3. The zero-order valence-electron chi connectivity index (χ0n) is 17.3. The Morgan fingerprint density at radius 2 is 1.63 bits per heavy atom. The number of nitrogens with one attached hydrogen (secondary N) is 3. The maximum atomic E-state index is 13.0. The van der Waals surface area contributed by atoms with Gasteiger partial charge in [0.2, 0.25) is 0 Å². The summed E-state index contributed by atoms with van der Waals surface area (Å²) < 4.78 is 0. The van der Waals surface area contributed by atoms with Crippen LogP contribution in [0.15, 0.2) is 48.5 Å². The van der Waals surface area contributed by atoms with E-state index < -0.39 is 0 Å². The second-order valence-electron chi connectivity index (χ2n) is 8.33. The predicted molar refractivity (Wildman–Crippen MR) is 118 cm³/mol. The Morgan fingerprint density at radius 3 is 2.37 bits per heavy atom. The van der Waals surface area contributed by atoms with E-state index in [4.69, 9.17) is 11.6 Å². The van der Waals surface area contributed by atoms with E-state index in [-0.39, 0.29) is 17.9 Å². The van der Waals surface area contributed by atoms with Crippen molar-refractivity contribution in [3.05, 3.63) is 59.1 Å². The van der Waals surface area contributed by atoms with Crippen LogP contribution in [0.5, 0.6) is 0 Å². The molecule has 2 aliphatic rings. The number of para-hydroxylation sites is 2. The number of rotatable bonds is 5. The van der Waals surface area contributed by atoms with E-state index in [1.165, 1.54) is 15.4 Å². The van der Waals surface area contributed by atoms with E-state index in [1.807, 2.05) is 35.2 Å². The first kappa shape index (κ1) is 20.8. The van der Waals surface area contributed by atoms with Gasteiger partial charge in [-0.3, -0.25) is 9.59 Å². The quantitative estimate of drug-likeness (QED) is 0.630. The summed E-state index contributed by atoms with van der Waals surface area (Å²) in [6, 6.07) is 15.7. The van der Waals surface area contributed by atoms with Crippen LogP contribution in [0.3, 0.4) is 0 Å². The molecule has 0 unspecified atom stereocenters. The normalized spacial score (nSPS) is 23.1. The average molecular weight is 429 g/mol. The van der Waals surface area contributed by atoms with Gasteiger partial charge in [-0.15, -0.1) is 0 Å². The maximum Gasteiger partial charge on any atom is 0.282 e. The number of carbonyl (C=O) groups excluding carboxylic acids is 2. The highest BCUT2D eigenvalue weighted by molar-refractivity contribution is 6.33. The van der Waals surface area contributed by atoms with Crippen molar-refractivity contribution < 1.29 is 19.4 Å². The first-order valence-electron chi connectivity index (χ1n) is 10.6. The van der Waals surface area contributed by atoms with Crippen molar-refractivity contribution in [1.29, 1.82) is 0 Å². The molecule has 0 spiro atoms.